The van der Waals surface area contributed by atoms with Gasteiger partial charge >= 0.3 is 0 Å². The second kappa shape index (κ2) is 41.3. The van der Waals surface area contributed by atoms with Crippen LogP contribution in [0.15, 0.2) is 0 Å². The molecule has 1 unspecified atom stereocenters. The lowest BCUT2D eigenvalue weighted by Gasteiger charge is -2.25. The number of unbranched alkanes of at least 4 members (excludes halogenated alkanes) is 26. The van der Waals surface area contributed by atoms with Crippen LogP contribution in [-0.2, 0) is 0 Å². The third-order valence-electron chi connectivity index (χ3n) is 10.9. The summed E-state index contributed by atoms with van der Waals surface area (Å²) in [6.07, 6.45) is 46.1. The average Bonchev–Trinajstić information content (AvgIpc) is 3.09. The minimum absolute atomic E-state index is 0.432. The summed E-state index contributed by atoms with van der Waals surface area (Å²) in [6, 6.07) is 0.432. The molecule has 0 aromatic heterocycles. The Kier molecular flexibility index (Phi) is 41.1. The maximum absolute atomic E-state index is 6.49. The second-order valence-corrected chi connectivity index (χ2v) is 15.7. The van der Waals surface area contributed by atoms with Crippen LogP contribution in [0.5, 0.6) is 0 Å². The number of nitrogens with two attached hydrogens (primary N) is 2. The summed E-state index contributed by atoms with van der Waals surface area (Å²) >= 11 is 0. The molecular formula is C44H94N4. The summed E-state index contributed by atoms with van der Waals surface area (Å²) in [5.41, 5.74) is 12.3. The van der Waals surface area contributed by atoms with Gasteiger partial charge < -0.3 is 21.3 Å². The molecule has 0 aromatic carbocycles. The molecule has 0 aliphatic carbocycles. The minimum atomic E-state index is 0.432. The highest BCUT2D eigenvalue weighted by atomic mass is 15.1. The fraction of sp³-hybridized carbons (Fsp3) is 1.00. The Labute approximate surface area is 305 Å². The Bertz CT molecular complexity index is 570. The predicted octanol–water partition coefficient (Wildman–Crippen LogP) is 12.8. The van der Waals surface area contributed by atoms with Gasteiger partial charge in [0.25, 0.3) is 0 Å². The number of nitrogens with zero attached hydrogens (tertiary/aromatic N) is 2. The quantitative estimate of drug-likeness (QED) is 0.0631. The highest BCUT2D eigenvalue weighted by Gasteiger charge is 2.08. The average molecular weight is 679 g/mol. The van der Waals surface area contributed by atoms with Crippen LogP contribution < -0.4 is 11.5 Å². The van der Waals surface area contributed by atoms with E-state index in [-0.39, 0.29) is 0 Å². The van der Waals surface area contributed by atoms with E-state index >= 15 is 0 Å². The summed E-state index contributed by atoms with van der Waals surface area (Å²) < 4.78 is 0. The van der Waals surface area contributed by atoms with Crippen molar-refractivity contribution in [1.29, 1.82) is 0 Å². The van der Waals surface area contributed by atoms with Gasteiger partial charge in [-0.3, -0.25) is 0 Å². The van der Waals surface area contributed by atoms with Crippen molar-refractivity contribution in [3.05, 3.63) is 0 Å². The molecule has 4 nitrogen and oxygen atoms in total. The van der Waals surface area contributed by atoms with E-state index in [9.17, 15) is 0 Å². The molecule has 0 spiro atoms. The van der Waals surface area contributed by atoms with Gasteiger partial charge in [0.15, 0.2) is 0 Å². The fourth-order valence-electron chi connectivity index (χ4n) is 7.44. The van der Waals surface area contributed by atoms with Gasteiger partial charge in [-0.05, 0) is 84.3 Å². The molecule has 0 amide bonds. The molecule has 4 N–H and O–H groups in total. The molecule has 0 fully saturated rings. The van der Waals surface area contributed by atoms with Gasteiger partial charge in [0.05, 0.1) is 0 Å². The van der Waals surface area contributed by atoms with Crippen LogP contribution in [-0.4, -0.2) is 61.7 Å². The predicted molar refractivity (Wildman–Crippen MR) is 219 cm³/mol. The third kappa shape index (κ3) is 37.1. The lowest BCUT2D eigenvalue weighted by molar-refractivity contribution is 0.224. The first-order valence-corrected chi connectivity index (χ1v) is 22.6. The van der Waals surface area contributed by atoms with Crippen molar-refractivity contribution in [2.75, 3.05) is 45.8 Å². The van der Waals surface area contributed by atoms with Gasteiger partial charge in [-0.15, -0.1) is 0 Å². The smallest absolute Gasteiger partial charge is 0.00388 e. The van der Waals surface area contributed by atoms with Crippen LogP contribution in [0.1, 0.15) is 233 Å². The molecule has 0 heterocycles. The zero-order valence-electron chi connectivity index (χ0n) is 33.9. The van der Waals surface area contributed by atoms with Crippen LogP contribution in [0.2, 0.25) is 0 Å². The summed E-state index contributed by atoms with van der Waals surface area (Å²) in [5, 5.41) is 0. The molecule has 4 heteroatoms. The van der Waals surface area contributed by atoms with E-state index in [0.717, 1.165) is 26.1 Å². The van der Waals surface area contributed by atoms with E-state index < -0.39 is 0 Å². The van der Waals surface area contributed by atoms with Gasteiger partial charge in [-0.25, -0.2) is 0 Å². The van der Waals surface area contributed by atoms with Gasteiger partial charge in [0.1, 0.15) is 0 Å². The van der Waals surface area contributed by atoms with E-state index in [4.69, 9.17) is 11.5 Å². The molecule has 0 radical (unpaired) electrons. The Morgan fingerprint density at radius 1 is 0.333 bits per heavy atom. The van der Waals surface area contributed by atoms with Gasteiger partial charge in [-0.2, -0.15) is 0 Å². The van der Waals surface area contributed by atoms with E-state index in [1.54, 1.807) is 0 Å². The largest absolute Gasteiger partial charge is 0.330 e. The van der Waals surface area contributed by atoms with Crippen molar-refractivity contribution in [2.24, 2.45) is 11.5 Å². The fourth-order valence-corrected chi connectivity index (χ4v) is 7.44. The molecule has 0 aliphatic heterocycles. The zero-order chi connectivity index (χ0) is 35.0. The molecule has 0 rings (SSSR count). The van der Waals surface area contributed by atoms with E-state index in [2.05, 4.69) is 30.6 Å². The molecule has 0 aromatic rings. The van der Waals surface area contributed by atoms with Crippen molar-refractivity contribution in [3.8, 4) is 0 Å². The standard InChI is InChI=1S/C44H94N4/c1-4-7-9-11-13-15-16-17-18-19-20-21-23-25-28-32-39-48(43-35-42-47(6-3)41-34-38-45)40-33-29-27-31-37-44(46)36-30-26-24-22-14-12-10-8-5-2/h44H,4-43,45-46H2,1-3H3. The highest BCUT2D eigenvalue weighted by molar-refractivity contribution is 4.65. The first-order valence-electron chi connectivity index (χ1n) is 22.6. The van der Waals surface area contributed by atoms with Crippen LogP contribution in [0, 0.1) is 0 Å². The Balaban J connectivity index is 3.99. The maximum atomic E-state index is 6.49. The van der Waals surface area contributed by atoms with E-state index in [1.165, 1.54) is 232 Å². The lowest BCUT2D eigenvalue weighted by Crippen LogP contribution is -2.32. The Morgan fingerprint density at radius 2 is 0.625 bits per heavy atom. The van der Waals surface area contributed by atoms with Crippen LogP contribution in [0.3, 0.4) is 0 Å². The third-order valence-corrected chi connectivity index (χ3v) is 10.9. The summed E-state index contributed by atoms with van der Waals surface area (Å²) in [7, 11) is 0. The first-order chi connectivity index (χ1) is 23.7. The van der Waals surface area contributed by atoms with Crippen molar-refractivity contribution in [2.45, 2.75) is 239 Å². The first kappa shape index (κ1) is 47.8. The van der Waals surface area contributed by atoms with Gasteiger partial charge in [-0.1, -0.05) is 194 Å². The second-order valence-electron chi connectivity index (χ2n) is 15.7. The Hall–Kier alpha value is -0.160. The SMILES string of the molecule is CCCCCCCCCCCCCCCCCCN(CCCCCCC(N)CCCCCCCCCCC)CCCN(CC)CCCN. The van der Waals surface area contributed by atoms with Crippen molar-refractivity contribution < 1.29 is 0 Å². The van der Waals surface area contributed by atoms with Crippen molar-refractivity contribution in [3.63, 3.8) is 0 Å². The molecule has 0 aliphatic rings. The molecule has 0 saturated carbocycles. The van der Waals surface area contributed by atoms with E-state index in [1.807, 2.05) is 0 Å². The van der Waals surface area contributed by atoms with Crippen molar-refractivity contribution in [1.82, 2.24) is 9.80 Å². The molecule has 0 bridgehead atoms. The van der Waals surface area contributed by atoms with Gasteiger partial charge in [0.2, 0.25) is 0 Å². The number of hydrogen-bond donors (Lipinski definition) is 2. The topological polar surface area (TPSA) is 58.5 Å². The lowest BCUT2D eigenvalue weighted by atomic mass is 10.0. The number of rotatable bonds is 42. The molecule has 0 saturated heterocycles. The van der Waals surface area contributed by atoms with Gasteiger partial charge in [0, 0.05) is 6.04 Å². The maximum Gasteiger partial charge on any atom is 0.00388 e. The molecule has 48 heavy (non-hydrogen) atoms. The van der Waals surface area contributed by atoms with Crippen LogP contribution in [0.25, 0.3) is 0 Å². The van der Waals surface area contributed by atoms with Crippen LogP contribution in [0.4, 0.5) is 0 Å². The van der Waals surface area contributed by atoms with Crippen LogP contribution >= 0.6 is 0 Å². The number of hydrogen-bond acceptors (Lipinski definition) is 4. The van der Waals surface area contributed by atoms with E-state index in [0.29, 0.717) is 6.04 Å². The summed E-state index contributed by atoms with van der Waals surface area (Å²) in [6.45, 7) is 15.1. The minimum Gasteiger partial charge on any atom is -0.330 e. The summed E-state index contributed by atoms with van der Waals surface area (Å²) in [5.74, 6) is 0. The van der Waals surface area contributed by atoms with Crippen molar-refractivity contribution >= 4 is 0 Å². The monoisotopic (exact) mass is 679 g/mol. The molecule has 1 atom stereocenters. The Morgan fingerprint density at radius 3 is 0.979 bits per heavy atom. The zero-order valence-corrected chi connectivity index (χ0v) is 33.9. The normalized spacial score (nSPS) is 12.6. The summed E-state index contributed by atoms with van der Waals surface area (Å²) in [4.78, 5) is 5.40. The molecule has 290 valence electrons. The molecular weight excluding hydrogens is 585 g/mol. The highest BCUT2D eigenvalue weighted by Crippen LogP contribution is 2.16.